The van der Waals surface area contributed by atoms with Crippen LogP contribution in [0.1, 0.15) is 120 Å². The summed E-state index contributed by atoms with van der Waals surface area (Å²) < 4.78 is 29.6. The molecule has 3 heterocycles. The number of piperazine rings is 1. The molecule has 53 heavy (non-hydrogen) atoms. The number of nitrogens with one attached hydrogen (secondary N) is 2. The highest BCUT2D eigenvalue weighted by atomic mass is 19.1. The Morgan fingerprint density at radius 1 is 0.887 bits per heavy atom. The van der Waals surface area contributed by atoms with Crippen molar-refractivity contribution in [2.24, 2.45) is 0 Å². The summed E-state index contributed by atoms with van der Waals surface area (Å²) in [4.78, 5) is 50.3. The molecule has 3 amide bonds. The van der Waals surface area contributed by atoms with Gasteiger partial charge in [-0.2, -0.15) is 0 Å². The van der Waals surface area contributed by atoms with E-state index in [9.17, 15) is 23.2 Å². The first-order chi connectivity index (χ1) is 25.6. The molecule has 8 nitrogen and oxygen atoms in total. The summed E-state index contributed by atoms with van der Waals surface area (Å²) in [7, 11) is 0. The van der Waals surface area contributed by atoms with Gasteiger partial charge < -0.3 is 15.5 Å². The Morgan fingerprint density at radius 3 is 2.28 bits per heavy atom. The molecule has 0 radical (unpaired) electrons. The predicted molar refractivity (Wildman–Crippen MR) is 202 cm³/mol. The topological polar surface area (TPSA) is 94.6 Å². The zero-order valence-electron chi connectivity index (χ0n) is 31.2. The van der Waals surface area contributed by atoms with E-state index in [1.807, 2.05) is 37.3 Å². The SMILES string of the molecule is CCCCCCCCCCCN1C[C@@](C)(c2cc(F)cc(F)c2)N(CC(=O)Nc2ccc3c(c2)C[C@@]2(C3)C(=O)Nc3ncccc32)C(=O)C12CCCC2. The molecule has 282 valence electrons. The van der Waals surface area contributed by atoms with Gasteiger partial charge in [0.15, 0.2) is 0 Å². The van der Waals surface area contributed by atoms with E-state index in [4.69, 9.17) is 0 Å². The number of fused-ring (bicyclic) bond motifs is 3. The Labute approximate surface area is 312 Å². The molecule has 2 spiro atoms. The second kappa shape index (κ2) is 15.3. The van der Waals surface area contributed by atoms with Crippen LogP contribution in [0.2, 0.25) is 0 Å². The first-order valence-electron chi connectivity index (χ1n) is 19.8. The summed E-state index contributed by atoms with van der Waals surface area (Å²) in [6, 6.07) is 12.9. The van der Waals surface area contributed by atoms with Crippen molar-refractivity contribution >= 4 is 29.2 Å². The minimum absolute atomic E-state index is 0.0719. The van der Waals surface area contributed by atoms with Crippen molar-refractivity contribution in [3.63, 3.8) is 0 Å². The first kappa shape index (κ1) is 37.1. The third-order valence-electron chi connectivity index (χ3n) is 12.6. The molecule has 1 saturated carbocycles. The molecule has 2 aliphatic heterocycles. The quantitative estimate of drug-likeness (QED) is 0.164. The van der Waals surface area contributed by atoms with Crippen molar-refractivity contribution in [1.29, 1.82) is 0 Å². The van der Waals surface area contributed by atoms with Crippen LogP contribution in [-0.4, -0.2) is 57.7 Å². The number of carbonyl (C=O) groups excluding carboxylic acids is 3. The standard InChI is InChI=1S/C43H53F2N5O3/c1-3-4-5-6-7-8-9-10-13-21-49-29-41(2,32-23-33(44)25-34(45)24-32)50(40(53)43(49)18-11-12-19-43)28-37(51)47-35-17-16-30-26-42(27-31(30)22-35)36-15-14-20-46-38(36)48-39(42)52/h14-17,20,22-25H,3-13,18-19,21,26-29H2,1-2H3,(H,47,51)(H,46,48,52)/t41-,42+/m0/s1. The predicted octanol–water partition coefficient (Wildman–Crippen LogP) is 8.19. The van der Waals surface area contributed by atoms with Gasteiger partial charge in [-0.1, -0.05) is 83.3 Å². The molecule has 2 aromatic carbocycles. The number of amides is 3. The number of anilines is 2. The maximum atomic E-state index is 14.9. The number of benzene rings is 2. The van der Waals surface area contributed by atoms with E-state index in [-0.39, 0.29) is 24.3 Å². The van der Waals surface area contributed by atoms with E-state index < -0.39 is 28.1 Å². The second-order valence-electron chi connectivity index (χ2n) is 16.1. The number of pyridine rings is 1. The van der Waals surface area contributed by atoms with Crippen LogP contribution in [0.3, 0.4) is 0 Å². The van der Waals surface area contributed by atoms with Crippen molar-refractivity contribution in [1.82, 2.24) is 14.8 Å². The number of hydrogen-bond acceptors (Lipinski definition) is 5. The Morgan fingerprint density at radius 2 is 1.57 bits per heavy atom. The number of halogens is 2. The van der Waals surface area contributed by atoms with Crippen LogP contribution in [0, 0.1) is 11.6 Å². The lowest BCUT2D eigenvalue weighted by molar-refractivity contribution is -0.167. The summed E-state index contributed by atoms with van der Waals surface area (Å²) in [5, 5.41) is 5.95. The molecule has 10 heteroatoms. The van der Waals surface area contributed by atoms with Crippen LogP contribution in [-0.2, 0) is 38.2 Å². The Bertz CT molecular complexity index is 1840. The van der Waals surface area contributed by atoms with E-state index in [2.05, 4.69) is 27.4 Å². The van der Waals surface area contributed by atoms with Crippen LogP contribution in [0.25, 0.3) is 0 Å². The van der Waals surface area contributed by atoms with Crippen molar-refractivity contribution in [3.05, 3.63) is 88.6 Å². The fourth-order valence-corrected chi connectivity index (χ4v) is 9.66. The third-order valence-corrected chi connectivity index (χ3v) is 12.6. The fourth-order valence-electron chi connectivity index (χ4n) is 9.66. The van der Waals surface area contributed by atoms with Gasteiger partial charge in [-0.25, -0.2) is 13.8 Å². The van der Waals surface area contributed by atoms with Crippen molar-refractivity contribution in [2.45, 2.75) is 127 Å². The summed E-state index contributed by atoms with van der Waals surface area (Å²) >= 11 is 0. The molecule has 0 bridgehead atoms. The Hall–Kier alpha value is -4.18. The Kier molecular flexibility index (Phi) is 10.7. The van der Waals surface area contributed by atoms with Crippen LogP contribution < -0.4 is 10.6 Å². The summed E-state index contributed by atoms with van der Waals surface area (Å²) in [6.07, 6.45) is 16.7. The van der Waals surface area contributed by atoms with E-state index in [1.54, 1.807) is 11.1 Å². The van der Waals surface area contributed by atoms with Crippen molar-refractivity contribution < 1.29 is 23.2 Å². The smallest absolute Gasteiger partial charge is 0.244 e. The summed E-state index contributed by atoms with van der Waals surface area (Å²) in [6.45, 7) is 4.91. The molecular weight excluding hydrogens is 673 g/mol. The summed E-state index contributed by atoms with van der Waals surface area (Å²) in [5.41, 5.74) is 1.20. The van der Waals surface area contributed by atoms with Crippen LogP contribution >= 0.6 is 0 Å². The minimum atomic E-state index is -1.15. The van der Waals surface area contributed by atoms with Gasteiger partial charge in [-0.05, 0) is 92.6 Å². The molecule has 2 atom stereocenters. The van der Waals surface area contributed by atoms with Gasteiger partial charge in [0.05, 0.1) is 11.0 Å². The summed E-state index contributed by atoms with van der Waals surface area (Å²) in [5.74, 6) is -1.43. The molecule has 3 aromatic rings. The molecule has 4 aliphatic rings. The van der Waals surface area contributed by atoms with Crippen LogP contribution in [0.15, 0.2) is 54.7 Å². The van der Waals surface area contributed by atoms with Gasteiger partial charge in [0, 0.05) is 30.1 Å². The van der Waals surface area contributed by atoms with Crippen molar-refractivity contribution in [3.8, 4) is 0 Å². The van der Waals surface area contributed by atoms with Crippen molar-refractivity contribution in [2.75, 3.05) is 30.3 Å². The number of aromatic nitrogens is 1. The normalized spacial score (nSPS) is 23.1. The zero-order valence-corrected chi connectivity index (χ0v) is 31.2. The molecule has 2 fully saturated rings. The molecule has 0 unspecified atom stereocenters. The van der Waals surface area contributed by atoms with Gasteiger partial charge in [-0.15, -0.1) is 0 Å². The van der Waals surface area contributed by atoms with Crippen LogP contribution in [0.4, 0.5) is 20.3 Å². The third kappa shape index (κ3) is 7.11. The number of rotatable bonds is 14. The van der Waals surface area contributed by atoms with E-state index in [0.29, 0.717) is 49.3 Å². The van der Waals surface area contributed by atoms with E-state index >= 15 is 0 Å². The zero-order chi connectivity index (χ0) is 37.2. The van der Waals surface area contributed by atoms with Gasteiger partial charge >= 0.3 is 0 Å². The maximum Gasteiger partial charge on any atom is 0.244 e. The first-order valence-corrected chi connectivity index (χ1v) is 19.8. The Balaban J connectivity index is 1.09. The van der Waals surface area contributed by atoms with Gasteiger partial charge in [0.2, 0.25) is 17.7 Å². The average Bonchev–Trinajstić information content (AvgIpc) is 3.84. The minimum Gasteiger partial charge on any atom is -0.325 e. The molecule has 7 rings (SSSR count). The number of nitrogens with zero attached hydrogens (tertiary/aromatic N) is 3. The second-order valence-corrected chi connectivity index (χ2v) is 16.1. The maximum absolute atomic E-state index is 14.9. The average molecular weight is 726 g/mol. The van der Waals surface area contributed by atoms with Gasteiger partial charge in [-0.3, -0.25) is 19.3 Å². The largest absolute Gasteiger partial charge is 0.325 e. The monoisotopic (exact) mass is 725 g/mol. The van der Waals surface area contributed by atoms with Crippen LogP contribution in [0.5, 0.6) is 0 Å². The number of carbonyl (C=O) groups is 3. The lowest BCUT2D eigenvalue weighted by atomic mass is 9.79. The lowest BCUT2D eigenvalue weighted by Gasteiger charge is -2.56. The molecule has 2 aliphatic carbocycles. The molecule has 1 saturated heterocycles. The molecule has 2 N–H and O–H groups in total. The van der Waals surface area contributed by atoms with Gasteiger partial charge in [0.25, 0.3) is 0 Å². The number of unbranched alkanes of at least 4 members (excludes halogenated alkanes) is 8. The molecular formula is C43H53F2N5O3. The van der Waals surface area contributed by atoms with E-state index in [0.717, 1.165) is 61.4 Å². The lowest BCUT2D eigenvalue weighted by Crippen LogP contribution is -2.72. The highest BCUT2D eigenvalue weighted by molar-refractivity contribution is 6.06. The number of hydrogen-bond donors (Lipinski definition) is 2. The highest BCUT2D eigenvalue weighted by Crippen LogP contribution is 2.48. The van der Waals surface area contributed by atoms with E-state index in [1.165, 1.54) is 50.7 Å². The highest BCUT2D eigenvalue weighted by Gasteiger charge is 2.58. The molecule has 1 aromatic heterocycles. The fraction of sp³-hybridized carbons (Fsp3) is 0.535. The van der Waals surface area contributed by atoms with Gasteiger partial charge in [0.1, 0.15) is 29.5 Å².